The molecule has 4 rings (SSSR count). The molecule has 0 atom stereocenters. The number of ether oxygens (including phenoxy) is 3. The summed E-state index contributed by atoms with van der Waals surface area (Å²) < 4.78 is 83.6. The van der Waals surface area contributed by atoms with E-state index in [1.165, 1.54) is 32.4 Å². The van der Waals surface area contributed by atoms with Gasteiger partial charge in [-0.1, -0.05) is 12.1 Å². The number of para-hydroxylation sites is 2. The second-order valence-electron chi connectivity index (χ2n) is 7.26. The van der Waals surface area contributed by atoms with Crippen LogP contribution in [0.15, 0.2) is 53.3 Å². The first kappa shape index (κ1) is 25.1. The van der Waals surface area contributed by atoms with E-state index in [1.807, 2.05) is 0 Å². The van der Waals surface area contributed by atoms with Crippen LogP contribution >= 0.6 is 12.2 Å². The molecule has 2 heterocycles. The first-order valence-corrected chi connectivity index (χ1v) is 10.5. The number of fused-ring (bicyclic) bond motifs is 1. The molecule has 0 aliphatic heterocycles. The SMILES string of the molecule is COc1cc(-c2cc(C(F)(F)F)c3c(=O)[nH]c(=S)n(-c4ccccc4OC)c3n2)ccc1OC(F)F. The Balaban J connectivity index is 2.10. The number of aromatic nitrogens is 3. The van der Waals surface area contributed by atoms with Gasteiger partial charge in [-0.15, -0.1) is 0 Å². The number of hydrogen-bond donors (Lipinski definition) is 1. The van der Waals surface area contributed by atoms with E-state index < -0.39 is 29.3 Å². The molecule has 0 saturated carbocycles. The van der Waals surface area contributed by atoms with Crippen LogP contribution in [-0.2, 0) is 6.18 Å². The van der Waals surface area contributed by atoms with E-state index in [-0.39, 0.29) is 44.6 Å². The minimum Gasteiger partial charge on any atom is -0.495 e. The molecule has 0 spiro atoms. The van der Waals surface area contributed by atoms with Crippen LogP contribution in [0.1, 0.15) is 5.56 Å². The Labute approximate surface area is 204 Å². The van der Waals surface area contributed by atoms with Crippen molar-refractivity contribution in [3.63, 3.8) is 0 Å². The number of H-pyrrole nitrogens is 1. The van der Waals surface area contributed by atoms with Gasteiger partial charge in [0.1, 0.15) is 5.75 Å². The van der Waals surface area contributed by atoms with E-state index in [9.17, 15) is 26.7 Å². The fourth-order valence-electron chi connectivity index (χ4n) is 3.66. The maximum atomic E-state index is 14.2. The van der Waals surface area contributed by atoms with Crippen molar-refractivity contribution in [2.75, 3.05) is 14.2 Å². The highest BCUT2D eigenvalue weighted by Gasteiger charge is 2.36. The number of aromatic amines is 1. The molecule has 13 heteroatoms. The van der Waals surface area contributed by atoms with E-state index in [0.29, 0.717) is 6.07 Å². The van der Waals surface area contributed by atoms with Crippen LogP contribution in [0.2, 0.25) is 0 Å². The van der Waals surface area contributed by atoms with Gasteiger partial charge in [0.25, 0.3) is 5.56 Å². The molecular formula is C23H16F5N3O4S. The zero-order valence-electron chi connectivity index (χ0n) is 18.5. The lowest BCUT2D eigenvalue weighted by Gasteiger charge is -2.18. The van der Waals surface area contributed by atoms with Crippen molar-refractivity contribution >= 4 is 23.3 Å². The van der Waals surface area contributed by atoms with Crippen LogP contribution in [0.3, 0.4) is 0 Å². The number of rotatable bonds is 6. The fourth-order valence-corrected chi connectivity index (χ4v) is 3.94. The van der Waals surface area contributed by atoms with E-state index >= 15 is 0 Å². The molecule has 2 aromatic heterocycles. The van der Waals surface area contributed by atoms with Gasteiger partial charge < -0.3 is 14.2 Å². The maximum absolute atomic E-state index is 14.2. The number of nitrogens with zero attached hydrogens (tertiary/aromatic N) is 2. The molecule has 7 nitrogen and oxygen atoms in total. The third-order valence-electron chi connectivity index (χ3n) is 5.17. The maximum Gasteiger partial charge on any atom is 0.417 e. The molecule has 0 fully saturated rings. The van der Waals surface area contributed by atoms with E-state index in [2.05, 4.69) is 14.7 Å². The highest BCUT2D eigenvalue weighted by atomic mass is 32.1. The Morgan fingerprint density at radius 2 is 1.69 bits per heavy atom. The molecule has 36 heavy (non-hydrogen) atoms. The molecule has 4 aromatic rings. The minimum atomic E-state index is -4.95. The molecule has 188 valence electrons. The summed E-state index contributed by atoms with van der Waals surface area (Å²) in [4.78, 5) is 19.3. The number of alkyl halides is 5. The summed E-state index contributed by atoms with van der Waals surface area (Å²) in [7, 11) is 2.55. The van der Waals surface area contributed by atoms with Crippen molar-refractivity contribution in [2.45, 2.75) is 12.8 Å². The van der Waals surface area contributed by atoms with Crippen molar-refractivity contribution in [2.24, 2.45) is 0 Å². The van der Waals surface area contributed by atoms with Gasteiger partial charge in [0.2, 0.25) is 0 Å². The van der Waals surface area contributed by atoms with Crippen LogP contribution < -0.4 is 19.8 Å². The molecular weight excluding hydrogens is 509 g/mol. The number of benzene rings is 2. The molecule has 0 aliphatic carbocycles. The van der Waals surface area contributed by atoms with Crippen LogP contribution in [0.5, 0.6) is 17.2 Å². The zero-order chi connectivity index (χ0) is 26.2. The van der Waals surface area contributed by atoms with Crippen molar-refractivity contribution in [3.8, 4) is 34.2 Å². The predicted molar refractivity (Wildman–Crippen MR) is 123 cm³/mol. The monoisotopic (exact) mass is 525 g/mol. The average molecular weight is 525 g/mol. The van der Waals surface area contributed by atoms with Crippen molar-refractivity contribution < 1.29 is 36.2 Å². The topological polar surface area (TPSA) is 78.4 Å². The second-order valence-corrected chi connectivity index (χ2v) is 7.65. The fraction of sp³-hybridized carbons (Fsp3) is 0.174. The highest BCUT2D eigenvalue weighted by molar-refractivity contribution is 7.71. The van der Waals surface area contributed by atoms with Gasteiger partial charge in [-0.3, -0.25) is 14.3 Å². The summed E-state index contributed by atoms with van der Waals surface area (Å²) in [6, 6.07) is 10.6. The highest BCUT2D eigenvalue weighted by Crippen LogP contribution is 2.38. The van der Waals surface area contributed by atoms with Gasteiger partial charge in [0.15, 0.2) is 21.9 Å². The summed E-state index contributed by atoms with van der Waals surface area (Å²) in [6.07, 6.45) is -4.95. The van der Waals surface area contributed by atoms with E-state index in [4.69, 9.17) is 21.7 Å². The number of methoxy groups -OCH3 is 2. The smallest absolute Gasteiger partial charge is 0.417 e. The normalized spacial score (nSPS) is 11.7. The van der Waals surface area contributed by atoms with Crippen LogP contribution in [0.4, 0.5) is 22.0 Å². The Morgan fingerprint density at radius 1 is 1.00 bits per heavy atom. The minimum absolute atomic E-state index is 0.0821. The quantitative estimate of drug-likeness (QED) is 0.255. The van der Waals surface area contributed by atoms with Gasteiger partial charge >= 0.3 is 12.8 Å². The molecule has 0 radical (unpaired) electrons. The summed E-state index contributed by atoms with van der Waals surface area (Å²) in [5.41, 5.74) is -2.63. The van der Waals surface area contributed by atoms with Crippen molar-refractivity contribution in [1.29, 1.82) is 0 Å². The number of hydrogen-bond acceptors (Lipinski definition) is 6. The molecule has 1 N–H and O–H groups in total. The molecule has 0 bridgehead atoms. The number of nitrogens with one attached hydrogen (secondary N) is 1. The molecule has 2 aromatic carbocycles. The summed E-state index contributed by atoms with van der Waals surface area (Å²) in [6.45, 7) is -3.14. The predicted octanol–water partition coefficient (Wildman–Crippen LogP) is 5.75. The average Bonchev–Trinajstić information content (AvgIpc) is 2.83. The summed E-state index contributed by atoms with van der Waals surface area (Å²) in [5, 5.41) is -0.740. The van der Waals surface area contributed by atoms with Crippen LogP contribution in [0.25, 0.3) is 28.0 Å². The summed E-state index contributed by atoms with van der Waals surface area (Å²) in [5.74, 6) is -0.213. The molecule has 0 aliphatic rings. The molecule has 0 saturated heterocycles. The molecule has 0 amide bonds. The van der Waals surface area contributed by atoms with Crippen LogP contribution in [-0.4, -0.2) is 35.4 Å². The lowest BCUT2D eigenvalue weighted by molar-refractivity contribution is -0.136. The second kappa shape index (κ2) is 9.57. The van der Waals surface area contributed by atoms with Gasteiger partial charge in [-0.05, 0) is 48.6 Å². The Kier molecular flexibility index (Phi) is 6.67. The van der Waals surface area contributed by atoms with Gasteiger partial charge in [-0.25, -0.2) is 4.98 Å². The molecule has 0 unspecified atom stereocenters. The van der Waals surface area contributed by atoms with Crippen molar-refractivity contribution in [3.05, 3.63) is 69.2 Å². The first-order chi connectivity index (χ1) is 17.0. The Hall–Kier alpha value is -4.00. The van der Waals surface area contributed by atoms with E-state index in [1.54, 1.807) is 18.2 Å². The number of pyridine rings is 1. The van der Waals surface area contributed by atoms with Crippen LogP contribution in [0, 0.1) is 4.77 Å². The van der Waals surface area contributed by atoms with Gasteiger partial charge in [0.05, 0.1) is 36.6 Å². The largest absolute Gasteiger partial charge is 0.495 e. The lowest BCUT2D eigenvalue weighted by Crippen LogP contribution is -2.20. The first-order valence-electron chi connectivity index (χ1n) is 10.1. The third kappa shape index (κ3) is 4.61. The third-order valence-corrected chi connectivity index (χ3v) is 5.45. The Morgan fingerprint density at radius 3 is 2.33 bits per heavy atom. The lowest BCUT2D eigenvalue weighted by atomic mass is 10.1. The number of halogens is 5. The van der Waals surface area contributed by atoms with Gasteiger partial charge in [0, 0.05) is 5.56 Å². The summed E-state index contributed by atoms with van der Waals surface area (Å²) >= 11 is 5.27. The van der Waals surface area contributed by atoms with Crippen molar-refractivity contribution in [1.82, 2.24) is 14.5 Å². The van der Waals surface area contributed by atoms with Gasteiger partial charge in [-0.2, -0.15) is 22.0 Å². The zero-order valence-corrected chi connectivity index (χ0v) is 19.3. The Bertz CT molecular complexity index is 1570. The standard InChI is InChI=1S/C23H16F5N3O4S/c1-33-15-6-4-3-5-14(15)31-19-18(20(32)30-22(31)36)12(23(26,27)28)10-13(29-19)11-7-8-16(35-21(24)25)17(9-11)34-2/h3-10,21H,1-2H3,(H,30,32,36). The van der Waals surface area contributed by atoms with E-state index in [0.717, 1.165) is 10.6 Å².